The second-order valence-corrected chi connectivity index (χ2v) is 6.02. The van der Waals surface area contributed by atoms with Crippen molar-refractivity contribution in [2.75, 3.05) is 11.9 Å². The Morgan fingerprint density at radius 3 is 3.05 bits per heavy atom. The van der Waals surface area contributed by atoms with Crippen LogP contribution in [0.25, 0.3) is 0 Å². The van der Waals surface area contributed by atoms with E-state index in [9.17, 15) is 0 Å². The van der Waals surface area contributed by atoms with Crippen LogP contribution in [0.3, 0.4) is 0 Å². The largest absolute Gasteiger partial charge is 0.411 e. The SMILES string of the molecule is CCc1cccc2c1NC1C2CCO[C@]1(CC)C/C=N/O. The molecule has 2 aliphatic rings. The number of rotatable bonds is 4. The number of anilines is 1. The molecule has 4 nitrogen and oxygen atoms in total. The molecule has 2 N–H and O–H groups in total. The fraction of sp³-hybridized carbons (Fsp3) is 0.588. The second kappa shape index (κ2) is 5.68. The lowest BCUT2D eigenvalue weighted by Gasteiger charge is -2.44. The summed E-state index contributed by atoms with van der Waals surface area (Å²) in [6.07, 6.45) is 5.20. The maximum Gasteiger partial charge on any atom is 0.0936 e. The molecule has 1 fully saturated rings. The van der Waals surface area contributed by atoms with Gasteiger partial charge < -0.3 is 15.3 Å². The summed E-state index contributed by atoms with van der Waals surface area (Å²) in [5.74, 6) is 0.493. The van der Waals surface area contributed by atoms with Gasteiger partial charge in [0.05, 0.1) is 11.6 Å². The quantitative estimate of drug-likeness (QED) is 0.506. The summed E-state index contributed by atoms with van der Waals surface area (Å²) in [6, 6.07) is 6.88. The lowest BCUT2D eigenvalue weighted by Crippen LogP contribution is -2.53. The van der Waals surface area contributed by atoms with E-state index in [4.69, 9.17) is 9.94 Å². The maximum absolute atomic E-state index is 8.80. The highest BCUT2D eigenvalue weighted by atomic mass is 16.5. The molecule has 3 atom stereocenters. The fourth-order valence-corrected chi connectivity index (χ4v) is 3.98. The second-order valence-electron chi connectivity index (χ2n) is 6.02. The van der Waals surface area contributed by atoms with Crippen molar-refractivity contribution in [1.29, 1.82) is 0 Å². The normalized spacial score (nSPS) is 31.0. The zero-order valence-electron chi connectivity index (χ0n) is 12.8. The van der Waals surface area contributed by atoms with Crippen molar-refractivity contribution in [1.82, 2.24) is 0 Å². The molecule has 0 bridgehead atoms. The number of fused-ring (bicyclic) bond motifs is 3. The van der Waals surface area contributed by atoms with E-state index in [2.05, 4.69) is 42.5 Å². The van der Waals surface area contributed by atoms with Crippen LogP contribution in [0.2, 0.25) is 0 Å². The molecule has 0 spiro atoms. The minimum atomic E-state index is -0.279. The molecule has 114 valence electrons. The number of hydrogen-bond donors (Lipinski definition) is 2. The van der Waals surface area contributed by atoms with Gasteiger partial charge in [-0.2, -0.15) is 0 Å². The van der Waals surface area contributed by atoms with Crippen molar-refractivity contribution >= 4 is 11.9 Å². The highest BCUT2D eigenvalue weighted by Crippen LogP contribution is 2.49. The Labute approximate surface area is 126 Å². The van der Waals surface area contributed by atoms with Gasteiger partial charge in [0, 0.05) is 30.8 Å². The van der Waals surface area contributed by atoms with Gasteiger partial charge in [0.2, 0.25) is 0 Å². The summed E-state index contributed by atoms with van der Waals surface area (Å²) in [5, 5.41) is 15.7. The third kappa shape index (κ3) is 2.22. The van der Waals surface area contributed by atoms with Crippen LogP contribution in [0.1, 0.15) is 50.2 Å². The predicted molar refractivity (Wildman–Crippen MR) is 84.5 cm³/mol. The number of benzene rings is 1. The van der Waals surface area contributed by atoms with Crippen LogP contribution < -0.4 is 5.32 Å². The third-order valence-corrected chi connectivity index (χ3v) is 5.17. The van der Waals surface area contributed by atoms with Gasteiger partial charge in [0.1, 0.15) is 0 Å². The first-order valence-corrected chi connectivity index (χ1v) is 7.94. The van der Waals surface area contributed by atoms with Gasteiger partial charge in [-0.3, -0.25) is 0 Å². The van der Waals surface area contributed by atoms with Gasteiger partial charge in [-0.1, -0.05) is 32.0 Å². The van der Waals surface area contributed by atoms with Crippen molar-refractivity contribution in [2.24, 2.45) is 5.16 Å². The summed E-state index contributed by atoms with van der Waals surface area (Å²) < 4.78 is 6.17. The fourth-order valence-electron chi connectivity index (χ4n) is 3.98. The molecule has 1 aromatic rings. The van der Waals surface area contributed by atoms with Crippen molar-refractivity contribution in [2.45, 2.75) is 57.1 Å². The van der Waals surface area contributed by atoms with E-state index in [0.717, 1.165) is 25.9 Å². The first kappa shape index (κ1) is 14.4. The van der Waals surface area contributed by atoms with Crippen LogP contribution in [0.15, 0.2) is 23.4 Å². The van der Waals surface area contributed by atoms with Crippen LogP contribution in [0, 0.1) is 0 Å². The van der Waals surface area contributed by atoms with E-state index in [-0.39, 0.29) is 11.6 Å². The number of nitrogens with zero attached hydrogens (tertiary/aromatic N) is 1. The zero-order chi connectivity index (χ0) is 14.9. The van der Waals surface area contributed by atoms with E-state index < -0.39 is 0 Å². The highest BCUT2D eigenvalue weighted by Gasteiger charge is 2.49. The minimum Gasteiger partial charge on any atom is -0.411 e. The molecular weight excluding hydrogens is 264 g/mol. The van der Waals surface area contributed by atoms with Crippen molar-refractivity contribution in [3.8, 4) is 0 Å². The summed E-state index contributed by atoms with van der Waals surface area (Å²) in [7, 11) is 0. The first-order valence-electron chi connectivity index (χ1n) is 7.94. The Hall–Kier alpha value is -1.55. The predicted octanol–water partition coefficient (Wildman–Crippen LogP) is 3.55. The van der Waals surface area contributed by atoms with Gasteiger partial charge in [-0.15, -0.1) is 5.16 Å². The average Bonchev–Trinajstić information content (AvgIpc) is 2.92. The molecule has 1 saturated heterocycles. The Balaban J connectivity index is 1.98. The van der Waals surface area contributed by atoms with E-state index >= 15 is 0 Å². The molecule has 4 heteroatoms. The number of hydrogen-bond acceptors (Lipinski definition) is 4. The van der Waals surface area contributed by atoms with E-state index in [1.54, 1.807) is 6.21 Å². The maximum atomic E-state index is 8.80. The number of para-hydroxylation sites is 1. The summed E-state index contributed by atoms with van der Waals surface area (Å²) in [6.45, 7) is 5.12. The number of nitrogens with one attached hydrogen (secondary N) is 1. The molecule has 2 aliphatic heterocycles. The molecule has 0 aliphatic carbocycles. The topological polar surface area (TPSA) is 53.8 Å². The van der Waals surface area contributed by atoms with Crippen LogP contribution in [0.5, 0.6) is 0 Å². The Morgan fingerprint density at radius 2 is 2.33 bits per heavy atom. The van der Waals surface area contributed by atoms with Gasteiger partial charge in [0.25, 0.3) is 0 Å². The van der Waals surface area contributed by atoms with Crippen LogP contribution in [0.4, 0.5) is 5.69 Å². The van der Waals surface area contributed by atoms with Gasteiger partial charge >= 0.3 is 0 Å². The summed E-state index contributed by atoms with van der Waals surface area (Å²) in [4.78, 5) is 0. The molecule has 3 rings (SSSR count). The molecule has 2 heterocycles. The third-order valence-electron chi connectivity index (χ3n) is 5.17. The Kier molecular flexibility index (Phi) is 3.89. The Bertz CT molecular complexity index is 544. The summed E-state index contributed by atoms with van der Waals surface area (Å²) >= 11 is 0. The van der Waals surface area contributed by atoms with Gasteiger partial charge in [-0.25, -0.2) is 0 Å². The lowest BCUT2D eigenvalue weighted by atomic mass is 9.76. The molecular formula is C17H24N2O2. The smallest absolute Gasteiger partial charge is 0.0936 e. The molecule has 0 radical (unpaired) electrons. The number of ether oxygens (including phenoxy) is 1. The molecule has 21 heavy (non-hydrogen) atoms. The van der Waals surface area contributed by atoms with E-state index in [0.29, 0.717) is 12.3 Å². The molecule has 1 aromatic carbocycles. The van der Waals surface area contributed by atoms with Gasteiger partial charge in [-0.05, 0) is 30.4 Å². The standard InChI is InChI=1S/C17H24N2O2/c1-3-12-6-5-7-13-14-8-11-21-17(4-2,9-10-18-20)16(14)19-15(12)13/h5-7,10,14,16,19-20H,3-4,8-9,11H2,1-2H3/b18-10+/t14?,16?,17-/m1/s1. The molecule has 0 amide bonds. The average molecular weight is 288 g/mol. The van der Waals surface area contributed by atoms with Crippen molar-refractivity contribution in [3.05, 3.63) is 29.3 Å². The zero-order valence-corrected chi connectivity index (χ0v) is 12.8. The van der Waals surface area contributed by atoms with Crippen LogP contribution >= 0.6 is 0 Å². The van der Waals surface area contributed by atoms with Crippen molar-refractivity contribution in [3.63, 3.8) is 0 Å². The lowest BCUT2D eigenvalue weighted by molar-refractivity contribution is -0.0888. The molecule has 0 aromatic heterocycles. The molecule has 0 saturated carbocycles. The Morgan fingerprint density at radius 1 is 1.48 bits per heavy atom. The number of aryl methyl sites for hydroxylation is 1. The van der Waals surface area contributed by atoms with Gasteiger partial charge in [0.15, 0.2) is 0 Å². The van der Waals surface area contributed by atoms with Crippen LogP contribution in [-0.4, -0.2) is 29.7 Å². The minimum absolute atomic E-state index is 0.261. The monoisotopic (exact) mass is 288 g/mol. The van der Waals surface area contributed by atoms with E-state index in [1.165, 1.54) is 16.8 Å². The van der Waals surface area contributed by atoms with E-state index in [1.807, 2.05) is 0 Å². The van der Waals surface area contributed by atoms with Crippen LogP contribution in [-0.2, 0) is 11.2 Å². The molecule has 2 unspecified atom stereocenters. The van der Waals surface area contributed by atoms with Crippen molar-refractivity contribution < 1.29 is 9.94 Å². The number of oxime groups is 1. The summed E-state index contributed by atoms with van der Waals surface area (Å²) in [5.41, 5.74) is 3.84. The first-order chi connectivity index (χ1) is 10.3. The highest BCUT2D eigenvalue weighted by molar-refractivity contribution is 5.67.